The van der Waals surface area contributed by atoms with Crippen LogP contribution in [-0.2, 0) is 9.59 Å². The van der Waals surface area contributed by atoms with Gasteiger partial charge in [0.2, 0.25) is 0 Å². The van der Waals surface area contributed by atoms with Gasteiger partial charge in [-0.2, -0.15) is 0 Å². The number of amides is 2. The minimum absolute atomic E-state index is 0.288. The first-order valence-electron chi connectivity index (χ1n) is 10.7. The van der Waals surface area contributed by atoms with Gasteiger partial charge < -0.3 is 10.6 Å². The van der Waals surface area contributed by atoms with Crippen molar-refractivity contribution in [3.05, 3.63) is 29.8 Å². The van der Waals surface area contributed by atoms with E-state index in [1.807, 2.05) is 24.3 Å². The number of rotatable bonds is 13. The normalized spacial score (nSPS) is 10.8. The van der Waals surface area contributed by atoms with Crippen molar-refractivity contribution in [2.45, 2.75) is 90.9 Å². The molecule has 152 valence electrons. The number of para-hydroxylation sites is 1. The maximum absolute atomic E-state index is 12.1. The van der Waals surface area contributed by atoms with Crippen molar-refractivity contribution in [3.63, 3.8) is 0 Å². The van der Waals surface area contributed by atoms with Crippen molar-refractivity contribution in [2.75, 3.05) is 11.9 Å². The molecule has 0 saturated heterocycles. The van der Waals surface area contributed by atoms with E-state index in [0.29, 0.717) is 12.2 Å². The third-order valence-electron chi connectivity index (χ3n) is 4.85. The van der Waals surface area contributed by atoms with Crippen molar-refractivity contribution >= 4 is 17.5 Å². The fourth-order valence-corrected chi connectivity index (χ4v) is 3.19. The lowest BCUT2D eigenvalue weighted by molar-refractivity contribution is -0.136. The third kappa shape index (κ3) is 10.2. The Labute approximate surface area is 165 Å². The van der Waals surface area contributed by atoms with E-state index in [0.717, 1.165) is 18.4 Å². The summed E-state index contributed by atoms with van der Waals surface area (Å²) in [6, 6.07) is 7.62. The summed E-state index contributed by atoms with van der Waals surface area (Å²) in [5.74, 6) is -0.851. The molecule has 1 aromatic rings. The van der Waals surface area contributed by atoms with Gasteiger partial charge in [-0.15, -0.1) is 0 Å². The monoisotopic (exact) mass is 374 g/mol. The van der Waals surface area contributed by atoms with E-state index in [2.05, 4.69) is 31.4 Å². The summed E-state index contributed by atoms with van der Waals surface area (Å²) < 4.78 is 0. The maximum atomic E-state index is 12.1. The van der Waals surface area contributed by atoms with E-state index in [4.69, 9.17) is 0 Å². The molecular formula is C23H38N2O2. The third-order valence-corrected chi connectivity index (χ3v) is 4.85. The summed E-state index contributed by atoms with van der Waals surface area (Å²) >= 11 is 0. The summed E-state index contributed by atoms with van der Waals surface area (Å²) in [6.07, 6.45) is 12.5. The molecule has 0 radical (unpaired) electrons. The van der Waals surface area contributed by atoms with Crippen LogP contribution in [0.25, 0.3) is 0 Å². The van der Waals surface area contributed by atoms with Gasteiger partial charge in [0, 0.05) is 12.2 Å². The minimum Gasteiger partial charge on any atom is -0.348 e. The van der Waals surface area contributed by atoms with Gasteiger partial charge >= 0.3 is 11.8 Å². The minimum atomic E-state index is -0.588. The molecule has 27 heavy (non-hydrogen) atoms. The van der Waals surface area contributed by atoms with E-state index in [9.17, 15) is 9.59 Å². The molecule has 0 aliphatic heterocycles. The van der Waals surface area contributed by atoms with Crippen LogP contribution in [0.15, 0.2) is 24.3 Å². The number of benzene rings is 1. The molecule has 4 nitrogen and oxygen atoms in total. The number of hydrogen-bond acceptors (Lipinski definition) is 2. The summed E-state index contributed by atoms with van der Waals surface area (Å²) in [6.45, 7) is 6.94. The van der Waals surface area contributed by atoms with Crippen LogP contribution in [0.4, 0.5) is 5.69 Å². The van der Waals surface area contributed by atoms with Crippen LogP contribution in [0.2, 0.25) is 0 Å². The predicted octanol–water partition coefficient (Wildman–Crippen LogP) is 5.79. The van der Waals surface area contributed by atoms with Crippen molar-refractivity contribution in [2.24, 2.45) is 0 Å². The Balaban J connectivity index is 2.12. The van der Waals surface area contributed by atoms with E-state index >= 15 is 0 Å². The van der Waals surface area contributed by atoms with Gasteiger partial charge in [0.15, 0.2) is 0 Å². The average Bonchev–Trinajstić information content (AvgIpc) is 2.66. The highest BCUT2D eigenvalue weighted by atomic mass is 16.2. The first kappa shape index (κ1) is 23.2. The summed E-state index contributed by atoms with van der Waals surface area (Å²) in [7, 11) is 0. The van der Waals surface area contributed by atoms with Gasteiger partial charge in [0.1, 0.15) is 0 Å². The zero-order valence-corrected chi connectivity index (χ0v) is 17.5. The fourth-order valence-electron chi connectivity index (χ4n) is 3.19. The van der Waals surface area contributed by atoms with E-state index in [1.165, 1.54) is 51.4 Å². The lowest BCUT2D eigenvalue weighted by atomic mass is 10.0. The standard InChI is InChI=1S/C23H38N2O2/c1-4-5-6-7-8-9-10-11-12-15-18-24-22(26)23(27)25-21-17-14-13-16-20(21)19(2)3/h13-14,16-17,19H,4-12,15,18H2,1-3H3,(H,24,26)(H,25,27). The van der Waals surface area contributed by atoms with Crippen LogP contribution in [-0.4, -0.2) is 18.4 Å². The van der Waals surface area contributed by atoms with Gasteiger partial charge in [-0.05, 0) is 24.0 Å². The Morgan fingerprint density at radius 1 is 0.815 bits per heavy atom. The molecule has 0 spiro atoms. The molecular weight excluding hydrogens is 336 g/mol. The SMILES string of the molecule is CCCCCCCCCCCCNC(=O)C(=O)Nc1ccccc1C(C)C. The van der Waals surface area contributed by atoms with Gasteiger partial charge in [-0.3, -0.25) is 9.59 Å². The lowest BCUT2D eigenvalue weighted by Gasteiger charge is -2.13. The Morgan fingerprint density at radius 3 is 1.96 bits per heavy atom. The predicted molar refractivity (Wildman–Crippen MR) is 114 cm³/mol. The molecule has 2 N–H and O–H groups in total. The Kier molecular flexibility index (Phi) is 12.2. The highest BCUT2D eigenvalue weighted by Gasteiger charge is 2.15. The van der Waals surface area contributed by atoms with Crippen LogP contribution >= 0.6 is 0 Å². The van der Waals surface area contributed by atoms with E-state index in [1.54, 1.807) is 0 Å². The van der Waals surface area contributed by atoms with Gasteiger partial charge in [0.25, 0.3) is 0 Å². The summed E-state index contributed by atoms with van der Waals surface area (Å²) in [5.41, 5.74) is 1.75. The molecule has 2 amide bonds. The number of anilines is 1. The highest BCUT2D eigenvalue weighted by molar-refractivity contribution is 6.39. The second-order valence-electron chi connectivity index (χ2n) is 7.63. The van der Waals surface area contributed by atoms with Crippen LogP contribution in [0.5, 0.6) is 0 Å². The highest BCUT2D eigenvalue weighted by Crippen LogP contribution is 2.23. The fraction of sp³-hybridized carbons (Fsp3) is 0.652. The quantitative estimate of drug-likeness (QED) is 0.339. The summed E-state index contributed by atoms with van der Waals surface area (Å²) in [5, 5.41) is 5.46. The number of carbonyl (C=O) groups excluding carboxylic acids is 2. The van der Waals surface area contributed by atoms with Gasteiger partial charge in [-0.1, -0.05) is 96.8 Å². The zero-order valence-electron chi connectivity index (χ0n) is 17.5. The Morgan fingerprint density at radius 2 is 1.37 bits per heavy atom. The Bertz CT molecular complexity index is 555. The smallest absolute Gasteiger partial charge is 0.313 e. The molecule has 0 aromatic heterocycles. The van der Waals surface area contributed by atoms with Crippen LogP contribution in [0.1, 0.15) is 96.5 Å². The molecule has 0 aliphatic carbocycles. The van der Waals surface area contributed by atoms with E-state index < -0.39 is 11.8 Å². The van der Waals surface area contributed by atoms with Gasteiger partial charge in [-0.25, -0.2) is 0 Å². The topological polar surface area (TPSA) is 58.2 Å². The zero-order chi connectivity index (χ0) is 19.9. The molecule has 0 aliphatic rings. The van der Waals surface area contributed by atoms with Crippen molar-refractivity contribution in [1.29, 1.82) is 0 Å². The lowest BCUT2D eigenvalue weighted by Crippen LogP contribution is -2.36. The average molecular weight is 375 g/mol. The summed E-state index contributed by atoms with van der Waals surface area (Å²) in [4.78, 5) is 24.0. The van der Waals surface area contributed by atoms with Crippen LogP contribution in [0.3, 0.4) is 0 Å². The largest absolute Gasteiger partial charge is 0.348 e. The number of hydrogen-bond donors (Lipinski definition) is 2. The number of unbranched alkanes of at least 4 members (excludes halogenated alkanes) is 9. The van der Waals surface area contributed by atoms with E-state index in [-0.39, 0.29) is 5.92 Å². The maximum Gasteiger partial charge on any atom is 0.313 e. The molecule has 0 fully saturated rings. The molecule has 1 rings (SSSR count). The second-order valence-corrected chi connectivity index (χ2v) is 7.63. The number of nitrogens with one attached hydrogen (secondary N) is 2. The molecule has 0 heterocycles. The second kappa shape index (κ2) is 14.2. The first-order valence-corrected chi connectivity index (χ1v) is 10.7. The molecule has 0 unspecified atom stereocenters. The molecule has 0 saturated carbocycles. The molecule has 4 heteroatoms. The van der Waals surface area contributed by atoms with Crippen LogP contribution in [0, 0.1) is 0 Å². The van der Waals surface area contributed by atoms with Crippen molar-refractivity contribution in [3.8, 4) is 0 Å². The van der Waals surface area contributed by atoms with Crippen LogP contribution < -0.4 is 10.6 Å². The number of carbonyl (C=O) groups is 2. The molecule has 1 aromatic carbocycles. The Hall–Kier alpha value is -1.84. The van der Waals surface area contributed by atoms with Crippen molar-refractivity contribution in [1.82, 2.24) is 5.32 Å². The van der Waals surface area contributed by atoms with Crippen molar-refractivity contribution < 1.29 is 9.59 Å². The first-order chi connectivity index (χ1) is 13.1. The molecule has 0 bridgehead atoms. The van der Waals surface area contributed by atoms with Gasteiger partial charge in [0.05, 0.1) is 0 Å². The molecule has 0 atom stereocenters.